The van der Waals surface area contributed by atoms with Crippen LogP contribution in [0.15, 0.2) is 47.1 Å². The van der Waals surface area contributed by atoms with Crippen molar-refractivity contribution >= 4 is 5.69 Å². The molecule has 0 aliphatic carbocycles. The highest BCUT2D eigenvalue weighted by molar-refractivity contribution is 5.62. The predicted molar refractivity (Wildman–Crippen MR) is 72.1 cm³/mol. The van der Waals surface area contributed by atoms with Crippen LogP contribution in [0.2, 0.25) is 0 Å². The van der Waals surface area contributed by atoms with Gasteiger partial charge < -0.3 is 10.3 Å². The van der Waals surface area contributed by atoms with Gasteiger partial charge in [0.05, 0.1) is 5.56 Å². The van der Waals surface area contributed by atoms with Crippen LogP contribution in [0.4, 0.5) is 5.69 Å². The van der Waals surface area contributed by atoms with E-state index in [-0.39, 0.29) is 0 Å². The molecule has 0 fully saturated rings. The summed E-state index contributed by atoms with van der Waals surface area (Å²) in [4.78, 5) is 8.59. The summed E-state index contributed by atoms with van der Waals surface area (Å²) in [5, 5.41) is 3.98. The molecule has 0 bridgehead atoms. The normalized spacial score (nSPS) is 10.6. The molecule has 19 heavy (non-hydrogen) atoms. The van der Waals surface area contributed by atoms with Crippen LogP contribution in [0.25, 0.3) is 22.8 Å². The second kappa shape index (κ2) is 4.53. The van der Waals surface area contributed by atoms with Crippen LogP contribution >= 0.6 is 0 Å². The van der Waals surface area contributed by atoms with Gasteiger partial charge in [-0.2, -0.15) is 4.98 Å². The summed E-state index contributed by atoms with van der Waals surface area (Å²) in [5.41, 5.74) is 8.92. The van der Waals surface area contributed by atoms with E-state index in [9.17, 15) is 0 Å². The molecule has 0 aliphatic rings. The van der Waals surface area contributed by atoms with Gasteiger partial charge in [0.15, 0.2) is 0 Å². The van der Waals surface area contributed by atoms with Gasteiger partial charge in [-0.3, -0.25) is 4.98 Å². The first-order valence-corrected chi connectivity index (χ1v) is 5.85. The number of nitrogens with two attached hydrogens (primary N) is 1. The molecule has 0 radical (unpaired) electrons. The average Bonchev–Trinajstić information content (AvgIpc) is 2.89. The number of nitrogens with zero attached hydrogens (tertiary/aromatic N) is 3. The van der Waals surface area contributed by atoms with E-state index in [1.54, 1.807) is 18.3 Å². The van der Waals surface area contributed by atoms with Gasteiger partial charge in [-0.25, -0.2) is 0 Å². The van der Waals surface area contributed by atoms with Crippen LogP contribution in [0.5, 0.6) is 0 Å². The van der Waals surface area contributed by atoms with E-state index in [1.165, 1.54) is 0 Å². The minimum absolute atomic E-state index is 0.470. The fourth-order valence-corrected chi connectivity index (χ4v) is 1.79. The summed E-state index contributed by atoms with van der Waals surface area (Å²) < 4.78 is 5.28. The van der Waals surface area contributed by atoms with Crippen molar-refractivity contribution < 1.29 is 4.52 Å². The van der Waals surface area contributed by atoms with Crippen LogP contribution in [0.3, 0.4) is 0 Å². The van der Waals surface area contributed by atoms with E-state index in [2.05, 4.69) is 15.1 Å². The fraction of sp³-hybridized carbons (Fsp3) is 0.0714. The number of anilines is 1. The molecule has 3 aromatic rings. The number of hydrogen-bond acceptors (Lipinski definition) is 5. The first kappa shape index (κ1) is 11.4. The standard InChI is InChI=1S/C14H12N4O/c1-9-12(3-2-8-16-9)14-17-13(18-19-14)10-4-6-11(15)7-5-10/h2-8H,15H2,1H3. The molecule has 0 spiro atoms. The summed E-state index contributed by atoms with van der Waals surface area (Å²) in [6.45, 7) is 1.91. The molecule has 0 aliphatic heterocycles. The third kappa shape index (κ3) is 2.18. The highest BCUT2D eigenvalue weighted by Gasteiger charge is 2.12. The molecule has 3 rings (SSSR count). The summed E-state index contributed by atoms with van der Waals surface area (Å²) in [5.74, 6) is 1.01. The molecule has 0 amide bonds. The van der Waals surface area contributed by atoms with Crippen LogP contribution in [0, 0.1) is 6.92 Å². The van der Waals surface area contributed by atoms with E-state index < -0.39 is 0 Å². The SMILES string of the molecule is Cc1ncccc1-c1nc(-c2ccc(N)cc2)no1. The Balaban J connectivity index is 2.00. The monoisotopic (exact) mass is 252 g/mol. The Bertz CT molecular complexity index is 703. The van der Waals surface area contributed by atoms with Crippen LogP contribution in [-0.4, -0.2) is 15.1 Å². The van der Waals surface area contributed by atoms with Crippen molar-refractivity contribution in [2.75, 3.05) is 5.73 Å². The molecular weight excluding hydrogens is 240 g/mol. The van der Waals surface area contributed by atoms with Crippen molar-refractivity contribution in [2.24, 2.45) is 0 Å². The lowest BCUT2D eigenvalue weighted by Gasteiger charge is -1.97. The zero-order chi connectivity index (χ0) is 13.2. The van der Waals surface area contributed by atoms with E-state index >= 15 is 0 Å². The Hall–Kier alpha value is -2.69. The molecule has 2 heterocycles. The molecule has 0 saturated carbocycles. The second-order valence-electron chi connectivity index (χ2n) is 4.18. The van der Waals surface area contributed by atoms with Crippen molar-refractivity contribution in [3.63, 3.8) is 0 Å². The number of hydrogen-bond donors (Lipinski definition) is 1. The predicted octanol–water partition coefficient (Wildman–Crippen LogP) is 2.69. The average molecular weight is 252 g/mol. The fourth-order valence-electron chi connectivity index (χ4n) is 1.79. The number of aryl methyl sites for hydroxylation is 1. The molecule has 5 nitrogen and oxygen atoms in total. The first-order valence-electron chi connectivity index (χ1n) is 5.85. The molecule has 1 aromatic carbocycles. The van der Waals surface area contributed by atoms with Gasteiger partial charge >= 0.3 is 0 Å². The summed E-state index contributed by atoms with van der Waals surface area (Å²) in [7, 11) is 0. The van der Waals surface area contributed by atoms with Crippen molar-refractivity contribution in [3.8, 4) is 22.8 Å². The van der Waals surface area contributed by atoms with Gasteiger partial charge in [0.1, 0.15) is 0 Å². The Morgan fingerprint density at radius 1 is 1.11 bits per heavy atom. The molecule has 0 saturated heterocycles. The maximum Gasteiger partial charge on any atom is 0.260 e. The van der Waals surface area contributed by atoms with Crippen LogP contribution in [0.1, 0.15) is 5.69 Å². The van der Waals surface area contributed by atoms with Crippen molar-refractivity contribution in [1.29, 1.82) is 0 Å². The van der Waals surface area contributed by atoms with Gasteiger partial charge in [-0.1, -0.05) is 5.16 Å². The van der Waals surface area contributed by atoms with Gasteiger partial charge in [-0.15, -0.1) is 0 Å². The van der Waals surface area contributed by atoms with E-state index in [0.717, 1.165) is 16.8 Å². The third-order valence-corrected chi connectivity index (χ3v) is 2.83. The van der Waals surface area contributed by atoms with Gasteiger partial charge in [0.25, 0.3) is 5.89 Å². The molecule has 0 atom stereocenters. The number of pyridine rings is 1. The largest absolute Gasteiger partial charge is 0.399 e. The van der Waals surface area contributed by atoms with E-state index in [4.69, 9.17) is 10.3 Å². The van der Waals surface area contributed by atoms with E-state index in [0.29, 0.717) is 17.4 Å². The lowest BCUT2D eigenvalue weighted by atomic mass is 10.2. The van der Waals surface area contributed by atoms with Crippen LogP contribution in [-0.2, 0) is 0 Å². The smallest absolute Gasteiger partial charge is 0.260 e. The Morgan fingerprint density at radius 2 is 1.89 bits per heavy atom. The van der Waals surface area contributed by atoms with Gasteiger partial charge in [0, 0.05) is 23.1 Å². The first-order chi connectivity index (χ1) is 9.24. The molecular formula is C14H12N4O. The summed E-state index contributed by atoms with van der Waals surface area (Å²) in [6.07, 6.45) is 1.73. The minimum atomic E-state index is 0.470. The van der Waals surface area contributed by atoms with E-state index in [1.807, 2.05) is 31.2 Å². The number of nitrogen functional groups attached to an aromatic ring is 1. The van der Waals surface area contributed by atoms with Gasteiger partial charge in [-0.05, 0) is 43.3 Å². The lowest BCUT2D eigenvalue weighted by Crippen LogP contribution is -1.87. The number of aromatic nitrogens is 3. The maximum absolute atomic E-state index is 5.65. The zero-order valence-electron chi connectivity index (χ0n) is 10.4. The molecule has 0 unspecified atom stereocenters. The second-order valence-corrected chi connectivity index (χ2v) is 4.18. The Morgan fingerprint density at radius 3 is 2.63 bits per heavy atom. The topological polar surface area (TPSA) is 77.8 Å². The van der Waals surface area contributed by atoms with Crippen LogP contribution < -0.4 is 5.73 Å². The quantitative estimate of drug-likeness (QED) is 0.709. The van der Waals surface area contributed by atoms with Crippen molar-refractivity contribution in [3.05, 3.63) is 48.3 Å². The Labute approximate surface area is 110 Å². The Kier molecular flexibility index (Phi) is 2.72. The molecule has 5 heteroatoms. The highest BCUT2D eigenvalue weighted by atomic mass is 16.5. The number of rotatable bonds is 2. The van der Waals surface area contributed by atoms with Gasteiger partial charge in [0.2, 0.25) is 5.82 Å². The molecule has 94 valence electrons. The summed E-state index contributed by atoms with van der Waals surface area (Å²) >= 11 is 0. The summed E-state index contributed by atoms with van der Waals surface area (Å²) in [6, 6.07) is 11.1. The van der Waals surface area contributed by atoms with Crippen molar-refractivity contribution in [1.82, 2.24) is 15.1 Å². The van der Waals surface area contributed by atoms with Crippen molar-refractivity contribution in [2.45, 2.75) is 6.92 Å². The lowest BCUT2D eigenvalue weighted by molar-refractivity contribution is 0.432. The highest BCUT2D eigenvalue weighted by Crippen LogP contribution is 2.23. The minimum Gasteiger partial charge on any atom is -0.399 e. The molecule has 2 N–H and O–H groups in total. The zero-order valence-corrected chi connectivity index (χ0v) is 10.4. The number of benzene rings is 1. The third-order valence-electron chi connectivity index (χ3n) is 2.83. The maximum atomic E-state index is 5.65. The molecule has 2 aromatic heterocycles.